The maximum Gasteiger partial charge on any atom is 0.283 e. The molecule has 146 valence electrons. The van der Waals surface area contributed by atoms with Crippen LogP contribution in [0.5, 0.6) is 0 Å². The van der Waals surface area contributed by atoms with Crippen LogP contribution in [-0.2, 0) is 10.0 Å². The van der Waals surface area contributed by atoms with Crippen LogP contribution in [0.15, 0.2) is 56.4 Å². The van der Waals surface area contributed by atoms with Crippen molar-refractivity contribution in [3.63, 3.8) is 0 Å². The van der Waals surface area contributed by atoms with Crippen molar-refractivity contribution in [3.8, 4) is 11.7 Å². The van der Waals surface area contributed by atoms with Crippen molar-refractivity contribution in [2.24, 2.45) is 0 Å². The molecule has 3 aromatic rings. The predicted octanol–water partition coefficient (Wildman–Crippen LogP) is 2.72. The van der Waals surface area contributed by atoms with Crippen LogP contribution in [0.4, 0.5) is 5.69 Å². The van der Waals surface area contributed by atoms with Gasteiger partial charge in [0.2, 0.25) is 11.0 Å². The first kappa shape index (κ1) is 17.4. The fourth-order valence-electron chi connectivity index (χ4n) is 3.36. The van der Waals surface area contributed by atoms with Gasteiger partial charge in [-0.3, -0.25) is 0 Å². The van der Waals surface area contributed by atoms with Gasteiger partial charge in [-0.25, -0.2) is 8.42 Å². The second-order valence-corrected chi connectivity index (χ2v) is 8.93. The molecule has 28 heavy (non-hydrogen) atoms. The SMILES string of the molecule is O=S(=O)(c1ccc(-c2nnc(C3CC3)o2)o1)N1CCN(c2ccccc2)CC1. The van der Waals surface area contributed by atoms with E-state index in [1.807, 2.05) is 30.3 Å². The summed E-state index contributed by atoms with van der Waals surface area (Å²) in [7, 11) is -3.70. The zero-order valence-electron chi connectivity index (χ0n) is 15.2. The van der Waals surface area contributed by atoms with E-state index in [0.29, 0.717) is 38.0 Å². The Morgan fingerprint density at radius 1 is 0.893 bits per heavy atom. The zero-order chi connectivity index (χ0) is 19.1. The molecule has 0 bridgehead atoms. The van der Waals surface area contributed by atoms with Crippen molar-refractivity contribution in [2.75, 3.05) is 31.1 Å². The first-order chi connectivity index (χ1) is 13.6. The molecule has 1 aromatic carbocycles. The zero-order valence-corrected chi connectivity index (χ0v) is 16.0. The van der Waals surface area contributed by atoms with Crippen LogP contribution >= 0.6 is 0 Å². The standard InChI is InChI=1S/C19H20N4O4S/c24-28(25,23-12-10-22(11-13-23)15-4-2-1-3-5-15)17-9-8-16(26-17)19-21-20-18(27-19)14-6-7-14/h1-5,8-9,14H,6-7,10-13H2. The highest BCUT2D eigenvalue weighted by atomic mass is 32.2. The quantitative estimate of drug-likeness (QED) is 0.650. The van der Waals surface area contributed by atoms with Gasteiger partial charge in [0.15, 0.2) is 5.76 Å². The summed E-state index contributed by atoms with van der Waals surface area (Å²) in [5.74, 6) is 1.42. The molecule has 2 fully saturated rings. The van der Waals surface area contributed by atoms with Gasteiger partial charge >= 0.3 is 0 Å². The van der Waals surface area contributed by atoms with Crippen LogP contribution in [0.1, 0.15) is 24.7 Å². The van der Waals surface area contributed by atoms with E-state index in [4.69, 9.17) is 8.83 Å². The lowest BCUT2D eigenvalue weighted by Gasteiger charge is -2.34. The summed E-state index contributed by atoms with van der Waals surface area (Å²) in [5, 5.41) is 7.89. The predicted molar refractivity (Wildman–Crippen MR) is 101 cm³/mol. The smallest absolute Gasteiger partial charge is 0.283 e. The van der Waals surface area contributed by atoms with Crippen molar-refractivity contribution >= 4 is 15.7 Å². The molecule has 1 aliphatic heterocycles. The molecule has 0 radical (unpaired) electrons. The number of sulfonamides is 1. The third-order valence-electron chi connectivity index (χ3n) is 5.11. The minimum atomic E-state index is -3.70. The van der Waals surface area contributed by atoms with Crippen LogP contribution in [0.2, 0.25) is 0 Å². The Hall–Kier alpha value is -2.65. The fraction of sp³-hybridized carbons (Fsp3) is 0.368. The summed E-state index contributed by atoms with van der Waals surface area (Å²) in [5.41, 5.74) is 1.10. The van der Waals surface area contributed by atoms with Crippen LogP contribution in [0.25, 0.3) is 11.7 Å². The van der Waals surface area contributed by atoms with Gasteiger partial charge in [0, 0.05) is 37.8 Å². The minimum absolute atomic E-state index is 0.0955. The summed E-state index contributed by atoms with van der Waals surface area (Å²) in [4.78, 5) is 2.18. The normalized spacial score (nSPS) is 18.5. The van der Waals surface area contributed by atoms with E-state index in [1.165, 1.54) is 10.4 Å². The van der Waals surface area contributed by atoms with Crippen molar-refractivity contribution < 1.29 is 17.3 Å². The van der Waals surface area contributed by atoms with Gasteiger partial charge in [-0.2, -0.15) is 4.31 Å². The van der Waals surface area contributed by atoms with E-state index < -0.39 is 10.0 Å². The number of furan rings is 1. The number of piperazine rings is 1. The van der Waals surface area contributed by atoms with Gasteiger partial charge in [-0.15, -0.1) is 10.2 Å². The topological polar surface area (TPSA) is 92.7 Å². The fourth-order valence-corrected chi connectivity index (χ4v) is 4.69. The van der Waals surface area contributed by atoms with Gasteiger partial charge in [-0.1, -0.05) is 18.2 Å². The van der Waals surface area contributed by atoms with E-state index in [9.17, 15) is 8.42 Å². The molecule has 2 aliphatic rings. The third-order valence-corrected chi connectivity index (χ3v) is 6.89. The molecule has 9 heteroatoms. The third kappa shape index (κ3) is 3.20. The molecule has 2 aromatic heterocycles. The number of benzene rings is 1. The number of hydrogen-bond donors (Lipinski definition) is 0. The summed E-state index contributed by atoms with van der Waals surface area (Å²) in [6.07, 6.45) is 2.10. The average molecular weight is 400 g/mol. The maximum absolute atomic E-state index is 12.9. The van der Waals surface area contributed by atoms with Crippen molar-refractivity contribution in [1.82, 2.24) is 14.5 Å². The van der Waals surface area contributed by atoms with Crippen molar-refractivity contribution in [3.05, 3.63) is 48.4 Å². The molecule has 3 heterocycles. The van der Waals surface area contributed by atoms with Crippen LogP contribution in [-0.4, -0.2) is 49.1 Å². The molecule has 1 aliphatic carbocycles. The van der Waals surface area contributed by atoms with Crippen LogP contribution in [0, 0.1) is 0 Å². The van der Waals surface area contributed by atoms with E-state index in [1.54, 1.807) is 6.07 Å². The molecular formula is C19H20N4O4S. The highest BCUT2D eigenvalue weighted by molar-refractivity contribution is 7.89. The molecule has 5 rings (SSSR count). The van der Waals surface area contributed by atoms with Crippen LogP contribution < -0.4 is 4.90 Å². The number of anilines is 1. The Labute approximate surface area is 162 Å². The summed E-state index contributed by atoms with van der Waals surface area (Å²) in [6, 6.07) is 13.0. The summed E-state index contributed by atoms with van der Waals surface area (Å²) < 4.78 is 38.5. The number of aromatic nitrogens is 2. The van der Waals surface area contributed by atoms with Gasteiger partial charge in [0.05, 0.1) is 0 Å². The molecule has 8 nitrogen and oxygen atoms in total. The molecule has 0 unspecified atom stereocenters. The van der Waals surface area contributed by atoms with Gasteiger partial charge in [-0.05, 0) is 37.1 Å². The number of rotatable bonds is 5. The highest BCUT2D eigenvalue weighted by Gasteiger charge is 2.33. The Kier molecular flexibility index (Phi) is 4.21. The summed E-state index contributed by atoms with van der Waals surface area (Å²) in [6.45, 7) is 2.07. The minimum Gasteiger partial charge on any atom is -0.438 e. The Morgan fingerprint density at radius 2 is 1.64 bits per heavy atom. The molecule has 0 spiro atoms. The van der Waals surface area contributed by atoms with Gasteiger partial charge < -0.3 is 13.7 Å². The van der Waals surface area contributed by atoms with Gasteiger partial charge in [0.25, 0.3) is 15.9 Å². The van der Waals surface area contributed by atoms with Crippen molar-refractivity contribution in [2.45, 2.75) is 23.9 Å². The Bertz CT molecular complexity index is 1060. The lowest BCUT2D eigenvalue weighted by molar-refractivity contribution is 0.361. The van der Waals surface area contributed by atoms with E-state index in [0.717, 1.165) is 18.5 Å². The number of hydrogen-bond acceptors (Lipinski definition) is 7. The maximum atomic E-state index is 12.9. The van der Waals surface area contributed by atoms with E-state index in [-0.39, 0.29) is 16.7 Å². The second kappa shape index (κ2) is 6.75. The van der Waals surface area contributed by atoms with Crippen LogP contribution in [0.3, 0.4) is 0 Å². The monoisotopic (exact) mass is 400 g/mol. The summed E-state index contributed by atoms with van der Waals surface area (Å²) >= 11 is 0. The van der Waals surface area contributed by atoms with E-state index >= 15 is 0 Å². The Balaban J connectivity index is 1.30. The lowest BCUT2D eigenvalue weighted by Crippen LogP contribution is -2.48. The number of para-hydroxylation sites is 1. The van der Waals surface area contributed by atoms with E-state index in [2.05, 4.69) is 15.1 Å². The molecule has 1 saturated carbocycles. The number of nitrogens with zero attached hydrogens (tertiary/aromatic N) is 4. The molecule has 0 atom stereocenters. The average Bonchev–Trinajstić information content (AvgIpc) is 3.25. The Morgan fingerprint density at radius 3 is 2.36 bits per heavy atom. The lowest BCUT2D eigenvalue weighted by atomic mass is 10.2. The first-order valence-electron chi connectivity index (χ1n) is 9.35. The van der Waals surface area contributed by atoms with Crippen molar-refractivity contribution in [1.29, 1.82) is 0 Å². The van der Waals surface area contributed by atoms with Gasteiger partial charge in [0.1, 0.15) is 0 Å². The molecule has 0 N–H and O–H groups in total. The largest absolute Gasteiger partial charge is 0.438 e. The first-order valence-corrected chi connectivity index (χ1v) is 10.8. The second-order valence-electron chi connectivity index (χ2n) is 7.07. The molecule has 1 saturated heterocycles. The highest BCUT2D eigenvalue weighted by Crippen LogP contribution is 2.40. The molecule has 0 amide bonds. The molecular weight excluding hydrogens is 380 g/mol.